The van der Waals surface area contributed by atoms with Gasteiger partial charge in [-0.05, 0) is 34.9 Å². The summed E-state index contributed by atoms with van der Waals surface area (Å²) < 4.78 is 13.2. The number of nitrogen functional groups attached to an aromatic ring is 1. The number of nitrogens with zero attached hydrogens (tertiary/aromatic N) is 1. The zero-order valence-electron chi connectivity index (χ0n) is 16.7. The predicted molar refractivity (Wildman–Crippen MR) is 114 cm³/mol. The molecule has 31 heavy (non-hydrogen) atoms. The highest BCUT2D eigenvalue weighted by Gasteiger charge is 2.25. The van der Waals surface area contributed by atoms with Crippen LogP contribution in [0.25, 0.3) is 0 Å². The number of hydrogen-bond donors (Lipinski definition) is 4. The maximum absolute atomic E-state index is 13.2. The molecule has 8 heteroatoms. The van der Waals surface area contributed by atoms with Crippen molar-refractivity contribution in [1.29, 1.82) is 0 Å². The van der Waals surface area contributed by atoms with Crippen molar-refractivity contribution in [2.75, 3.05) is 5.73 Å². The number of anilines is 1. The van der Waals surface area contributed by atoms with Gasteiger partial charge in [0.25, 0.3) is 5.91 Å². The lowest BCUT2D eigenvalue weighted by Crippen LogP contribution is -2.49. The van der Waals surface area contributed by atoms with Gasteiger partial charge in [0.2, 0.25) is 5.91 Å². The Morgan fingerprint density at radius 3 is 2.29 bits per heavy atom. The number of aromatic nitrogens is 1. The summed E-state index contributed by atoms with van der Waals surface area (Å²) in [7, 11) is 0. The van der Waals surface area contributed by atoms with Crippen LogP contribution in [0.15, 0.2) is 72.9 Å². The van der Waals surface area contributed by atoms with Crippen LogP contribution in [0.3, 0.4) is 0 Å². The second kappa shape index (κ2) is 10.3. The van der Waals surface area contributed by atoms with Crippen LogP contribution >= 0.6 is 0 Å². The summed E-state index contributed by atoms with van der Waals surface area (Å²) in [4.78, 5) is 29.4. The van der Waals surface area contributed by atoms with Crippen molar-refractivity contribution in [2.45, 2.75) is 25.1 Å². The monoisotopic (exact) mass is 422 g/mol. The van der Waals surface area contributed by atoms with Crippen LogP contribution in [0, 0.1) is 5.82 Å². The highest BCUT2D eigenvalue weighted by Crippen LogP contribution is 2.13. The minimum atomic E-state index is -1.42. The molecular weight excluding hydrogens is 399 g/mol. The highest BCUT2D eigenvalue weighted by molar-refractivity contribution is 5.90. The van der Waals surface area contributed by atoms with Gasteiger partial charge in [0, 0.05) is 19.2 Å². The average Bonchev–Trinajstić information content (AvgIpc) is 2.79. The molecule has 2 aromatic carbocycles. The molecule has 0 aliphatic heterocycles. The second-order valence-corrected chi connectivity index (χ2v) is 7.01. The minimum Gasteiger partial charge on any atom is -0.384 e. The Labute approximate surface area is 179 Å². The van der Waals surface area contributed by atoms with E-state index in [1.165, 1.54) is 12.1 Å². The third-order valence-corrected chi connectivity index (χ3v) is 4.66. The predicted octanol–water partition coefficient (Wildman–Crippen LogP) is 1.88. The second-order valence-electron chi connectivity index (χ2n) is 7.01. The SMILES string of the molecule is Nc1ccc(CNC(=O)[C@@H](Cc2ccc(F)cc2)NC(=O)[C@H](O)c2ccccc2)cn1. The number of aliphatic hydroxyl groups excluding tert-OH is 1. The fraction of sp³-hybridized carbons (Fsp3) is 0.174. The number of benzene rings is 2. The molecule has 0 aliphatic carbocycles. The number of amides is 2. The van der Waals surface area contributed by atoms with E-state index < -0.39 is 29.8 Å². The van der Waals surface area contributed by atoms with Gasteiger partial charge in [-0.2, -0.15) is 0 Å². The van der Waals surface area contributed by atoms with Crippen LogP contribution in [0.2, 0.25) is 0 Å². The Morgan fingerprint density at radius 1 is 0.968 bits per heavy atom. The molecule has 2 amide bonds. The van der Waals surface area contributed by atoms with E-state index >= 15 is 0 Å². The summed E-state index contributed by atoms with van der Waals surface area (Å²) in [6.45, 7) is 0.184. The van der Waals surface area contributed by atoms with E-state index in [0.717, 1.165) is 5.56 Å². The minimum absolute atomic E-state index is 0.124. The molecule has 7 nitrogen and oxygen atoms in total. The molecule has 160 valence electrons. The molecule has 1 aromatic heterocycles. The summed E-state index contributed by atoms with van der Waals surface area (Å²) in [5.74, 6) is -1.19. The van der Waals surface area contributed by atoms with Crippen molar-refractivity contribution >= 4 is 17.6 Å². The molecule has 0 bridgehead atoms. The van der Waals surface area contributed by atoms with E-state index in [-0.39, 0.29) is 13.0 Å². The summed E-state index contributed by atoms with van der Waals surface area (Å²) in [5, 5.41) is 15.7. The third kappa shape index (κ3) is 6.35. The molecule has 0 radical (unpaired) electrons. The zero-order valence-corrected chi connectivity index (χ0v) is 16.7. The first-order chi connectivity index (χ1) is 14.9. The van der Waals surface area contributed by atoms with Gasteiger partial charge in [-0.15, -0.1) is 0 Å². The van der Waals surface area contributed by atoms with Crippen LogP contribution in [-0.2, 0) is 22.6 Å². The molecule has 0 spiro atoms. The molecule has 0 unspecified atom stereocenters. The summed E-state index contributed by atoms with van der Waals surface area (Å²) in [6, 6.07) is 16.4. The number of nitrogens with two attached hydrogens (primary N) is 1. The van der Waals surface area contributed by atoms with Gasteiger partial charge >= 0.3 is 0 Å². The van der Waals surface area contributed by atoms with Gasteiger partial charge in [-0.1, -0.05) is 48.5 Å². The lowest BCUT2D eigenvalue weighted by molar-refractivity contribution is -0.134. The van der Waals surface area contributed by atoms with Crippen LogP contribution < -0.4 is 16.4 Å². The van der Waals surface area contributed by atoms with Gasteiger partial charge < -0.3 is 21.5 Å². The molecule has 0 saturated carbocycles. The number of carbonyl (C=O) groups excluding carboxylic acids is 2. The Bertz CT molecular complexity index is 1010. The first kappa shape index (κ1) is 21.9. The zero-order chi connectivity index (χ0) is 22.2. The van der Waals surface area contributed by atoms with Gasteiger partial charge in [0.15, 0.2) is 6.10 Å². The molecule has 0 saturated heterocycles. The number of nitrogens with one attached hydrogen (secondary N) is 2. The van der Waals surface area contributed by atoms with Crippen molar-refractivity contribution in [3.63, 3.8) is 0 Å². The number of carbonyl (C=O) groups is 2. The summed E-state index contributed by atoms with van der Waals surface area (Å²) in [6.07, 6.45) is 0.243. The van der Waals surface area contributed by atoms with Gasteiger partial charge in [-0.3, -0.25) is 9.59 Å². The van der Waals surface area contributed by atoms with E-state index in [4.69, 9.17) is 5.73 Å². The Hall–Kier alpha value is -3.78. The maximum atomic E-state index is 13.2. The molecule has 0 fully saturated rings. The van der Waals surface area contributed by atoms with E-state index in [1.807, 2.05) is 0 Å². The Kier molecular flexibility index (Phi) is 7.29. The number of hydrogen-bond acceptors (Lipinski definition) is 5. The smallest absolute Gasteiger partial charge is 0.254 e. The van der Waals surface area contributed by atoms with Crippen molar-refractivity contribution in [1.82, 2.24) is 15.6 Å². The number of aliphatic hydroxyl groups is 1. The van der Waals surface area contributed by atoms with E-state index in [0.29, 0.717) is 16.9 Å². The molecule has 2 atom stereocenters. The normalized spacial score (nSPS) is 12.6. The van der Waals surface area contributed by atoms with Crippen LogP contribution in [-0.4, -0.2) is 27.9 Å². The van der Waals surface area contributed by atoms with Crippen molar-refractivity contribution in [2.24, 2.45) is 0 Å². The van der Waals surface area contributed by atoms with Crippen molar-refractivity contribution in [3.8, 4) is 0 Å². The van der Waals surface area contributed by atoms with Gasteiger partial charge in [0.1, 0.15) is 17.7 Å². The quantitative estimate of drug-likeness (QED) is 0.442. The third-order valence-electron chi connectivity index (χ3n) is 4.66. The molecular formula is C23H23FN4O3. The van der Waals surface area contributed by atoms with Gasteiger partial charge in [0.05, 0.1) is 0 Å². The molecule has 0 aliphatic rings. The standard InChI is InChI=1S/C23H23FN4O3/c24-18-9-6-15(7-10-18)12-19(22(30)27-14-16-8-11-20(25)26-13-16)28-23(31)21(29)17-4-2-1-3-5-17/h1-11,13,19,21,29H,12,14H2,(H2,25,26)(H,27,30)(H,28,31)/t19-,21-/m1/s1. The Morgan fingerprint density at radius 2 is 1.65 bits per heavy atom. The van der Waals surface area contributed by atoms with Crippen LogP contribution in [0.1, 0.15) is 22.8 Å². The molecule has 5 N–H and O–H groups in total. The fourth-order valence-electron chi connectivity index (χ4n) is 2.96. The number of pyridine rings is 1. The molecule has 3 rings (SSSR count). The van der Waals surface area contributed by atoms with Crippen molar-refractivity contribution < 1.29 is 19.1 Å². The van der Waals surface area contributed by atoms with E-state index in [2.05, 4.69) is 15.6 Å². The first-order valence-corrected chi connectivity index (χ1v) is 9.68. The largest absolute Gasteiger partial charge is 0.384 e. The Balaban J connectivity index is 1.71. The van der Waals surface area contributed by atoms with Crippen LogP contribution in [0.4, 0.5) is 10.2 Å². The average molecular weight is 422 g/mol. The van der Waals surface area contributed by atoms with Crippen molar-refractivity contribution in [3.05, 3.63) is 95.4 Å². The molecule has 3 aromatic rings. The maximum Gasteiger partial charge on any atom is 0.254 e. The number of halogens is 1. The van der Waals surface area contributed by atoms with Gasteiger partial charge in [-0.25, -0.2) is 9.37 Å². The lowest BCUT2D eigenvalue weighted by Gasteiger charge is -2.21. The molecule has 1 heterocycles. The summed E-state index contributed by atoms with van der Waals surface area (Å²) >= 11 is 0. The summed E-state index contributed by atoms with van der Waals surface area (Å²) in [5.41, 5.74) is 7.37. The lowest BCUT2D eigenvalue weighted by atomic mass is 10.0. The topological polar surface area (TPSA) is 117 Å². The number of rotatable bonds is 8. The fourth-order valence-corrected chi connectivity index (χ4v) is 2.96. The van der Waals surface area contributed by atoms with Crippen LogP contribution in [0.5, 0.6) is 0 Å². The van der Waals surface area contributed by atoms with E-state index in [1.54, 1.807) is 60.8 Å². The first-order valence-electron chi connectivity index (χ1n) is 9.68. The van der Waals surface area contributed by atoms with E-state index in [9.17, 15) is 19.1 Å². The highest BCUT2D eigenvalue weighted by atomic mass is 19.1.